The smallest absolute Gasteiger partial charge is 0.129 e. The van der Waals surface area contributed by atoms with E-state index in [1.807, 2.05) is 0 Å². The van der Waals surface area contributed by atoms with Crippen LogP contribution >= 0.6 is 15.9 Å². The second-order valence-electron chi connectivity index (χ2n) is 4.00. The zero-order valence-electron chi connectivity index (χ0n) is 9.17. The van der Waals surface area contributed by atoms with Gasteiger partial charge in [-0.1, -0.05) is 22.9 Å². The van der Waals surface area contributed by atoms with E-state index in [-0.39, 0.29) is 11.9 Å². The van der Waals surface area contributed by atoms with Gasteiger partial charge in [-0.3, -0.25) is 0 Å². The first-order valence-electron chi connectivity index (χ1n) is 5.50. The topological polar surface area (TPSA) is 21.3 Å². The largest absolute Gasteiger partial charge is 0.370 e. The van der Waals surface area contributed by atoms with E-state index in [1.165, 1.54) is 6.07 Å². The number of rotatable bonds is 2. The first kappa shape index (κ1) is 12.0. The van der Waals surface area contributed by atoms with Crippen LogP contribution in [0.15, 0.2) is 22.7 Å². The maximum absolute atomic E-state index is 13.6. The van der Waals surface area contributed by atoms with Gasteiger partial charge in [0, 0.05) is 22.6 Å². The normalized spacial score (nSPS) is 25.7. The molecule has 0 bridgehead atoms. The van der Waals surface area contributed by atoms with Crippen molar-refractivity contribution in [2.45, 2.75) is 25.5 Å². The highest BCUT2D eigenvalue weighted by Gasteiger charge is 2.23. The highest BCUT2D eigenvalue weighted by atomic mass is 79.9. The fourth-order valence-electron chi connectivity index (χ4n) is 1.85. The van der Waals surface area contributed by atoms with Gasteiger partial charge in [-0.15, -0.1) is 0 Å². The Morgan fingerprint density at radius 1 is 1.56 bits per heavy atom. The average Bonchev–Trinajstić information content (AvgIpc) is 2.32. The van der Waals surface area contributed by atoms with Gasteiger partial charge in [-0.05, 0) is 24.6 Å². The summed E-state index contributed by atoms with van der Waals surface area (Å²) in [5.74, 6) is -0.204. The fourth-order valence-corrected chi connectivity index (χ4v) is 2.23. The molecule has 0 amide bonds. The standard InChI is InChI=1S/C12H15BrFNO/c1-2-9-7-16-12(6-15-9)10-5-8(13)3-4-11(10)14/h3-5,9,12,15H,2,6-7H2,1H3. The summed E-state index contributed by atoms with van der Waals surface area (Å²) in [4.78, 5) is 0. The van der Waals surface area contributed by atoms with Crippen molar-refractivity contribution in [3.8, 4) is 0 Å². The number of nitrogens with one attached hydrogen (secondary N) is 1. The summed E-state index contributed by atoms with van der Waals surface area (Å²) in [5, 5.41) is 3.36. The number of hydrogen-bond donors (Lipinski definition) is 1. The summed E-state index contributed by atoms with van der Waals surface area (Å²) < 4.78 is 20.2. The molecule has 0 aliphatic carbocycles. The van der Waals surface area contributed by atoms with Crippen molar-refractivity contribution in [2.75, 3.05) is 13.2 Å². The van der Waals surface area contributed by atoms with Crippen molar-refractivity contribution in [1.82, 2.24) is 5.32 Å². The Bertz CT molecular complexity index is 364. The Morgan fingerprint density at radius 2 is 2.38 bits per heavy atom. The molecule has 1 aliphatic rings. The van der Waals surface area contributed by atoms with Gasteiger partial charge in [0.25, 0.3) is 0 Å². The van der Waals surface area contributed by atoms with Crippen molar-refractivity contribution in [3.05, 3.63) is 34.1 Å². The second kappa shape index (κ2) is 5.25. The van der Waals surface area contributed by atoms with E-state index in [1.54, 1.807) is 12.1 Å². The molecule has 0 spiro atoms. The zero-order valence-corrected chi connectivity index (χ0v) is 10.8. The molecule has 2 atom stereocenters. The van der Waals surface area contributed by atoms with E-state index in [0.717, 1.165) is 10.9 Å². The third-order valence-corrected chi connectivity index (χ3v) is 3.38. The van der Waals surface area contributed by atoms with Crippen LogP contribution in [0, 0.1) is 5.82 Å². The molecule has 1 heterocycles. The molecule has 1 aromatic carbocycles. The Balaban J connectivity index is 2.10. The van der Waals surface area contributed by atoms with Gasteiger partial charge in [-0.2, -0.15) is 0 Å². The Labute approximate surface area is 103 Å². The maximum atomic E-state index is 13.6. The molecule has 2 unspecified atom stereocenters. The molecule has 1 fully saturated rings. The molecule has 1 aromatic rings. The van der Waals surface area contributed by atoms with Gasteiger partial charge in [0.1, 0.15) is 5.82 Å². The van der Waals surface area contributed by atoms with E-state index in [4.69, 9.17) is 4.74 Å². The Kier molecular flexibility index (Phi) is 3.95. The molecule has 16 heavy (non-hydrogen) atoms. The molecule has 2 nitrogen and oxygen atoms in total. The summed E-state index contributed by atoms with van der Waals surface area (Å²) in [6, 6.07) is 5.35. The monoisotopic (exact) mass is 287 g/mol. The lowest BCUT2D eigenvalue weighted by Gasteiger charge is -2.30. The van der Waals surface area contributed by atoms with Crippen LogP contribution in [0.2, 0.25) is 0 Å². The highest BCUT2D eigenvalue weighted by molar-refractivity contribution is 9.10. The Morgan fingerprint density at radius 3 is 3.00 bits per heavy atom. The Hall–Kier alpha value is -0.450. The van der Waals surface area contributed by atoms with Gasteiger partial charge in [-0.25, -0.2) is 4.39 Å². The van der Waals surface area contributed by atoms with Gasteiger partial charge in [0.15, 0.2) is 0 Å². The van der Waals surface area contributed by atoms with Crippen molar-refractivity contribution in [1.29, 1.82) is 0 Å². The van der Waals surface area contributed by atoms with E-state index in [0.29, 0.717) is 24.8 Å². The second-order valence-corrected chi connectivity index (χ2v) is 4.92. The third kappa shape index (κ3) is 2.62. The van der Waals surface area contributed by atoms with Crippen molar-refractivity contribution in [2.24, 2.45) is 0 Å². The number of hydrogen-bond acceptors (Lipinski definition) is 2. The highest BCUT2D eigenvalue weighted by Crippen LogP contribution is 2.26. The maximum Gasteiger partial charge on any atom is 0.129 e. The van der Waals surface area contributed by atoms with Crippen molar-refractivity contribution >= 4 is 15.9 Å². The molecule has 1 aliphatic heterocycles. The quantitative estimate of drug-likeness (QED) is 0.903. The van der Waals surface area contributed by atoms with Gasteiger partial charge >= 0.3 is 0 Å². The molecule has 0 aromatic heterocycles. The predicted octanol–water partition coefficient (Wildman–Crippen LogP) is 3.03. The minimum atomic E-state index is -0.204. The molecule has 1 N–H and O–H groups in total. The molecule has 0 saturated carbocycles. The van der Waals surface area contributed by atoms with Crippen LogP contribution in [0.3, 0.4) is 0 Å². The number of morpholine rings is 1. The molecule has 1 saturated heterocycles. The van der Waals surface area contributed by atoms with E-state index < -0.39 is 0 Å². The van der Waals surface area contributed by atoms with Crippen LogP contribution in [0.4, 0.5) is 4.39 Å². The van der Waals surface area contributed by atoms with Gasteiger partial charge in [0.05, 0.1) is 12.7 Å². The third-order valence-electron chi connectivity index (χ3n) is 2.89. The lowest BCUT2D eigenvalue weighted by Crippen LogP contribution is -2.42. The first-order valence-corrected chi connectivity index (χ1v) is 6.30. The molecule has 2 rings (SSSR count). The van der Waals surface area contributed by atoms with Gasteiger partial charge in [0.2, 0.25) is 0 Å². The molecular weight excluding hydrogens is 273 g/mol. The average molecular weight is 288 g/mol. The van der Waals surface area contributed by atoms with Crippen LogP contribution in [0.25, 0.3) is 0 Å². The summed E-state index contributed by atoms with van der Waals surface area (Å²) in [6.45, 7) is 3.43. The lowest BCUT2D eigenvalue weighted by molar-refractivity contribution is 0.000342. The number of benzene rings is 1. The van der Waals surface area contributed by atoms with E-state index >= 15 is 0 Å². The van der Waals surface area contributed by atoms with Crippen molar-refractivity contribution < 1.29 is 9.13 Å². The predicted molar refractivity (Wildman–Crippen MR) is 64.9 cm³/mol. The molecular formula is C12H15BrFNO. The van der Waals surface area contributed by atoms with Crippen LogP contribution in [-0.4, -0.2) is 19.2 Å². The van der Waals surface area contributed by atoms with Crippen LogP contribution in [-0.2, 0) is 4.74 Å². The number of ether oxygens (including phenoxy) is 1. The first-order chi connectivity index (χ1) is 7.70. The molecule has 4 heteroatoms. The van der Waals surface area contributed by atoms with Crippen LogP contribution in [0.5, 0.6) is 0 Å². The molecule has 88 valence electrons. The summed E-state index contributed by atoms with van der Waals surface area (Å²) in [7, 11) is 0. The minimum Gasteiger partial charge on any atom is -0.370 e. The van der Waals surface area contributed by atoms with Gasteiger partial charge < -0.3 is 10.1 Å². The molecule has 0 radical (unpaired) electrons. The minimum absolute atomic E-state index is 0.180. The lowest BCUT2D eigenvalue weighted by atomic mass is 10.1. The number of halogens is 2. The van der Waals surface area contributed by atoms with Crippen LogP contribution in [0.1, 0.15) is 25.0 Å². The van der Waals surface area contributed by atoms with E-state index in [9.17, 15) is 4.39 Å². The summed E-state index contributed by atoms with van der Waals surface area (Å²) >= 11 is 3.35. The van der Waals surface area contributed by atoms with E-state index in [2.05, 4.69) is 28.2 Å². The fraction of sp³-hybridized carbons (Fsp3) is 0.500. The van der Waals surface area contributed by atoms with Crippen LogP contribution < -0.4 is 5.32 Å². The SMILES string of the molecule is CCC1COC(c2cc(Br)ccc2F)CN1. The zero-order chi connectivity index (χ0) is 11.5. The summed E-state index contributed by atoms with van der Waals surface area (Å²) in [6.07, 6.45) is 0.855. The summed E-state index contributed by atoms with van der Waals surface area (Å²) in [5.41, 5.74) is 0.622. The van der Waals surface area contributed by atoms with Crippen molar-refractivity contribution in [3.63, 3.8) is 0 Å².